The minimum absolute atomic E-state index is 0.0598. The molecule has 3 fully saturated rings. The maximum absolute atomic E-state index is 13.4. The maximum Gasteiger partial charge on any atom is 0.409 e. The highest BCUT2D eigenvalue weighted by atomic mass is 16.7. The Morgan fingerprint density at radius 3 is 2.83 bits per heavy atom. The Morgan fingerprint density at radius 2 is 2.14 bits per heavy atom. The van der Waals surface area contributed by atoms with Gasteiger partial charge in [-0.05, 0) is 49.7 Å². The van der Waals surface area contributed by atoms with Gasteiger partial charge in [0.1, 0.15) is 0 Å². The van der Waals surface area contributed by atoms with Crippen LogP contribution >= 0.6 is 0 Å². The number of likely N-dealkylation sites (tertiary alicyclic amines) is 1. The number of hydrogen-bond donors (Lipinski definition) is 0. The molecule has 1 aliphatic carbocycles. The Hall–Kier alpha value is -2.15. The second-order valence-electron chi connectivity index (χ2n) is 8.63. The monoisotopic (exact) mass is 401 g/mol. The van der Waals surface area contributed by atoms with Crippen LogP contribution in [0.15, 0.2) is 18.3 Å². The Labute approximate surface area is 172 Å². The highest BCUT2D eigenvalue weighted by Gasteiger charge is 2.57. The summed E-state index contributed by atoms with van der Waals surface area (Å²) in [6, 6.07) is 3.92. The summed E-state index contributed by atoms with van der Waals surface area (Å²) in [6.45, 7) is 6.21. The number of ether oxygens (including phenoxy) is 1. The predicted octanol–water partition coefficient (Wildman–Crippen LogP) is 3.63. The Balaban J connectivity index is 1.42. The molecule has 0 bridgehead atoms. The van der Waals surface area contributed by atoms with Gasteiger partial charge in [-0.25, -0.2) is 9.86 Å². The SMILES string of the molecule is CCCCOC(=O)N1CCC(C(=O)N2OCC[C@H]2c2ccc(C)nc2)C2(CC2)C1. The molecule has 1 spiro atoms. The van der Waals surface area contributed by atoms with Gasteiger partial charge in [0.25, 0.3) is 5.91 Å². The van der Waals surface area contributed by atoms with E-state index in [1.165, 1.54) is 0 Å². The average molecular weight is 402 g/mol. The fourth-order valence-electron chi connectivity index (χ4n) is 4.58. The van der Waals surface area contributed by atoms with Gasteiger partial charge in [-0.1, -0.05) is 19.4 Å². The standard InChI is InChI=1S/C22H31N3O4/c1-3-4-12-28-21(27)24-11-7-18(22(15-24)9-10-22)20(26)25-19(8-13-29-25)17-6-5-16(2)23-14-17/h5-6,14,18-19H,3-4,7-13,15H2,1-2H3/t18?,19-/m0/s1. The van der Waals surface area contributed by atoms with E-state index in [1.807, 2.05) is 25.3 Å². The quantitative estimate of drug-likeness (QED) is 0.705. The molecule has 3 heterocycles. The molecule has 29 heavy (non-hydrogen) atoms. The number of piperidine rings is 1. The van der Waals surface area contributed by atoms with E-state index in [1.54, 1.807) is 9.96 Å². The molecular weight excluding hydrogens is 370 g/mol. The van der Waals surface area contributed by atoms with Crippen LogP contribution in [0.3, 0.4) is 0 Å². The third kappa shape index (κ3) is 4.10. The van der Waals surface area contributed by atoms with E-state index < -0.39 is 0 Å². The molecule has 0 radical (unpaired) electrons. The third-order valence-electron chi connectivity index (χ3n) is 6.55. The van der Waals surface area contributed by atoms with Gasteiger partial charge in [-0.15, -0.1) is 0 Å². The smallest absolute Gasteiger partial charge is 0.409 e. The molecule has 2 aliphatic heterocycles. The zero-order valence-electron chi connectivity index (χ0n) is 17.4. The number of hydroxylamine groups is 2. The van der Waals surface area contributed by atoms with Crippen LogP contribution in [-0.2, 0) is 14.4 Å². The molecule has 1 aromatic rings. The topological polar surface area (TPSA) is 72.0 Å². The number of carbonyl (C=O) groups is 2. The summed E-state index contributed by atoms with van der Waals surface area (Å²) in [7, 11) is 0. The second-order valence-corrected chi connectivity index (χ2v) is 8.63. The van der Waals surface area contributed by atoms with Gasteiger partial charge in [0.15, 0.2) is 0 Å². The van der Waals surface area contributed by atoms with Gasteiger partial charge in [-0.3, -0.25) is 14.6 Å². The molecule has 3 aliphatic rings. The van der Waals surface area contributed by atoms with Crippen LogP contribution < -0.4 is 0 Å². The average Bonchev–Trinajstić information content (AvgIpc) is 3.30. The third-order valence-corrected chi connectivity index (χ3v) is 6.55. The van der Waals surface area contributed by atoms with Crippen molar-refractivity contribution in [3.05, 3.63) is 29.6 Å². The summed E-state index contributed by atoms with van der Waals surface area (Å²) in [6.07, 6.45) is 6.90. The predicted molar refractivity (Wildman–Crippen MR) is 107 cm³/mol. The molecule has 0 N–H and O–H groups in total. The first-order valence-electron chi connectivity index (χ1n) is 10.8. The lowest BCUT2D eigenvalue weighted by atomic mass is 9.81. The van der Waals surface area contributed by atoms with Crippen molar-refractivity contribution in [3.8, 4) is 0 Å². The molecule has 2 atom stereocenters. The van der Waals surface area contributed by atoms with Crippen molar-refractivity contribution in [2.45, 2.75) is 58.4 Å². The lowest BCUT2D eigenvalue weighted by molar-refractivity contribution is -0.186. The zero-order valence-corrected chi connectivity index (χ0v) is 17.4. The summed E-state index contributed by atoms with van der Waals surface area (Å²) in [5.41, 5.74) is 1.87. The Bertz CT molecular complexity index is 747. The van der Waals surface area contributed by atoms with Crippen LogP contribution in [0.25, 0.3) is 0 Å². The van der Waals surface area contributed by atoms with E-state index in [0.717, 1.165) is 43.4 Å². The van der Waals surface area contributed by atoms with Crippen molar-refractivity contribution >= 4 is 12.0 Å². The van der Waals surface area contributed by atoms with Gasteiger partial charge in [0, 0.05) is 37.3 Å². The van der Waals surface area contributed by atoms with Gasteiger partial charge < -0.3 is 9.64 Å². The molecule has 2 saturated heterocycles. The van der Waals surface area contributed by atoms with Gasteiger partial charge >= 0.3 is 6.09 Å². The van der Waals surface area contributed by atoms with Crippen molar-refractivity contribution in [2.75, 3.05) is 26.3 Å². The van der Waals surface area contributed by atoms with E-state index in [9.17, 15) is 9.59 Å². The summed E-state index contributed by atoms with van der Waals surface area (Å²) < 4.78 is 5.38. The maximum atomic E-state index is 13.4. The summed E-state index contributed by atoms with van der Waals surface area (Å²) in [4.78, 5) is 37.7. The van der Waals surface area contributed by atoms with Gasteiger partial charge in [0.2, 0.25) is 0 Å². The number of amides is 2. The van der Waals surface area contributed by atoms with Gasteiger partial charge in [-0.2, -0.15) is 0 Å². The number of nitrogens with zero attached hydrogens (tertiary/aromatic N) is 3. The van der Waals surface area contributed by atoms with Crippen molar-refractivity contribution in [1.82, 2.24) is 14.9 Å². The van der Waals surface area contributed by atoms with Crippen LogP contribution in [0.5, 0.6) is 0 Å². The number of aromatic nitrogens is 1. The first kappa shape index (κ1) is 20.1. The highest BCUT2D eigenvalue weighted by Crippen LogP contribution is 2.56. The van der Waals surface area contributed by atoms with E-state index in [4.69, 9.17) is 9.57 Å². The van der Waals surface area contributed by atoms with Gasteiger partial charge in [0.05, 0.1) is 19.3 Å². The number of hydrogen-bond acceptors (Lipinski definition) is 5. The number of pyridine rings is 1. The van der Waals surface area contributed by atoms with E-state index >= 15 is 0 Å². The molecule has 1 aromatic heterocycles. The van der Waals surface area contributed by atoms with Crippen molar-refractivity contribution in [3.63, 3.8) is 0 Å². The number of unbranched alkanes of at least 4 members (excludes halogenated alkanes) is 1. The normalized spacial score (nSPS) is 25.3. The lowest BCUT2D eigenvalue weighted by Gasteiger charge is -2.39. The molecule has 158 valence electrons. The number of carbonyl (C=O) groups excluding carboxylic acids is 2. The molecular formula is C22H31N3O4. The van der Waals surface area contributed by atoms with Crippen molar-refractivity contribution in [2.24, 2.45) is 11.3 Å². The summed E-state index contributed by atoms with van der Waals surface area (Å²) >= 11 is 0. The first-order valence-corrected chi connectivity index (χ1v) is 10.8. The molecule has 2 amide bonds. The largest absolute Gasteiger partial charge is 0.449 e. The Kier molecular flexibility index (Phi) is 5.76. The molecule has 1 unspecified atom stereocenters. The van der Waals surface area contributed by atoms with Crippen LogP contribution in [0.1, 0.15) is 62.7 Å². The van der Waals surface area contributed by atoms with Crippen LogP contribution in [0, 0.1) is 18.3 Å². The highest BCUT2D eigenvalue weighted by molar-refractivity contribution is 5.80. The van der Waals surface area contributed by atoms with Crippen LogP contribution in [0.4, 0.5) is 4.79 Å². The lowest BCUT2D eigenvalue weighted by Crippen LogP contribution is -2.50. The molecule has 7 heteroatoms. The fourth-order valence-corrected chi connectivity index (χ4v) is 4.58. The second kappa shape index (κ2) is 8.30. The van der Waals surface area contributed by atoms with E-state index in [2.05, 4.69) is 11.9 Å². The summed E-state index contributed by atoms with van der Waals surface area (Å²) in [5, 5.41) is 1.59. The van der Waals surface area contributed by atoms with E-state index in [0.29, 0.717) is 32.7 Å². The Morgan fingerprint density at radius 1 is 1.31 bits per heavy atom. The van der Waals surface area contributed by atoms with Crippen molar-refractivity contribution < 1.29 is 19.2 Å². The first-order chi connectivity index (χ1) is 14.0. The van der Waals surface area contributed by atoms with Crippen molar-refractivity contribution in [1.29, 1.82) is 0 Å². The molecule has 7 nitrogen and oxygen atoms in total. The zero-order chi connectivity index (χ0) is 20.4. The minimum atomic E-state index is -0.239. The molecule has 4 rings (SSSR count). The fraction of sp³-hybridized carbons (Fsp3) is 0.682. The number of rotatable bonds is 5. The van der Waals surface area contributed by atoms with E-state index in [-0.39, 0.29) is 29.4 Å². The van der Waals surface area contributed by atoms with Crippen LogP contribution in [0.2, 0.25) is 0 Å². The minimum Gasteiger partial charge on any atom is -0.449 e. The summed E-state index contributed by atoms with van der Waals surface area (Å²) in [5.74, 6) is -0.0363. The molecule has 0 aromatic carbocycles. The van der Waals surface area contributed by atoms with Crippen LogP contribution in [-0.4, -0.2) is 53.3 Å². The number of aryl methyl sites for hydroxylation is 1. The molecule has 1 saturated carbocycles.